The predicted octanol–water partition coefficient (Wildman–Crippen LogP) is 1.06. The van der Waals surface area contributed by atoms with Crippen LogP contribution in [0.15, 0.2) is 11.6 Å². The van der Waals surface area contributed by atoms with Crippen molar-refractivity contribution in [3.05, 3.63) is 11.6 Å². The molecule has 1 aliphatic rings. The second-order valence-electron chi connectivity index (χ2n) is 3.22. The van der Waals surface area contributed by atoms with Gasteiger partial charge in [-0.1, -0.05) is 6.08 Å². The quantitative estimate of drug-likeness (QED) is 0.622. The molecule has 0 bridgehead atoms. The maximum absolute atomic E-state index is 11.2. The fourth-order valence-electron chi connectivity index (χ4n) is 1.58. The Balaban J connectivity index is 2.62. The topological polar surface area (TPSA) is 52.6 Å². The van der Waals surface area contributed by atoms with Gasteiger partial charge >= 0.3 is 11.9 Å². The first kappa shape index (κ1) is 10.8. The Morgan fingerprint density at radius 1 is 1.36 bits per heavy atom. The van der Waals surface area contributed by atoms with Gasteiger partial charge < -0.3 is 9.47 Å². The molecule has 0 amide bonds. The van der Waals surface area contributed by atoms with Gasteiger partial charge in [-0.05, 0) is 19.3 Å². The summed E-state index contributed by atoms with van der Waals surface area (Å²) in [6, 6.07) is 0. The standard InChI is InChI=1S/C10H14O4/c1-13-9(11)7-4-3-5-8(6-7)10(12)14-2/h4,8H,3,5-6H2,1-2H3. The van der Waals surface area contributed by atoms with Gasteiger partial charge in [-0.2, -0.15) is 0 Å². The fourth-order valence-corrected chi connectivity index (χ4v) is 1.58. The second-order valence-corrected chi connectivity index (χ2v) is 3.22. The van der Waals surface area contributed by atoms with Crippen LogP contribution in [0.1, 0.15) is 19.3 Å². The average molecular weight is 198 g/mol. The molecule has 1 rings (SSSR count). The highest BCUT2D eigenvalue weighted by Gasteiger charge is 2.26. The van der Waals surface area contributed by atoms with Crippen molar-refractivity contribution < 1.29 is 19.1 Å². The summed E-state index contributed by atoms with van der Waals surface area (Å²) in [5.41, 5.74) is 0.578. The van der Waals surface area contributed by atoms with Gasteiger partial charge in [-0.15, -0.1) is 0 Å². The number of esters is 2. The maximum atomic E-state index is 11.2. The van der Waals surface area contributed by atoms with Gasteiger partial charge in [0.15, 0.2) is 0 Å². The molecular weight excluding hydrogens is 184 g/mol. The number of ether oxygens (including phenoxy) is 2. The van der Waals surface area contributed by atoms with Gasteiger partial charge in [0, 0.05) is 5.57 Å². The second kappa shape index (κ2) is 4.79. The average Bonchev–Trinajstić information content (AvgIpc) is 2.27. The highest BCUT2D eigenvalue weighted by molar-refractivity contribution is 5.89. The molecule has 0 aromatic heterocycles. The molecule has 0 aromatic rings. The summed E-state index contributed by atoms with van der Waals surface area (Å²) in [5, 5.41) is 0. The Morgan fingerprint density at radius 3 is 2.64 bits per heavy atom. The van der Waals surface area contributed by atoms with Crippen LogP contribution in [0, 0.1) is 5.92 Å². The number of allylic oxidation sites excluding steroid dienone is 1. The molecule has 0 saturated heterocycles. The summed E-state index contributed by atoms with van der Waals surface area (Å²) in [6.07, 6.45) is 3.72. The first-order valence-corrected chi connectivity index (χ1v) is 4.54. The van der Waals surface area contributed by atoms with Gasteiger partial charge in [-0.25, -0.2) is 4.79 Å². The number of rotatable bonds is 2. The van der Waals surface area contributed by atoms with Gasteiger partial charge in [0.25, 0.3) is 0 Å². The molecule has 0 saturated carbocycles. The number of hydrogen-bond acceptors (Lipinski definition) is 4. The Labute approximate surface area is 82.9 Å². The van der Waals surface area contributed by atoms with Crippen LogP contribution in [0.2, 0.25) is 0 Å². The normalized spacial score (nSPS) is 21.0. The third kappa shape index (κ3) is 2.34. The van der Waals surface area contributed by atoms with Gasteiger partial charge in [0.05, 0.1) is 20.1 Å². The molecule has 0 aliphatic heterocycles. The van der Waals surface area contributed by atoms with Crippen LogP contribution in [0.25, 0.3) is 0 Å². The Hall–Kier alpha value is -1.32. The lowest BCUT2D eigenvalue weighted by molar-refractivity contribution is -0.146. The zero-order valence-corrected chi connectivity index (χ0v) is 8.41. The summed E-state index contributed by atoms with van der Waals surface area (Å²) in [5.74, 6) is -0.794. The lowest BCUT2D eigenvalue weighted by Crippen LogP contribution is -2.22. The van der Waals surface area contributed by atoms with Crippen LogP contribution in [0.4, 0.5) is 0 Å². The zero-order chi connectivity index (χ0) is 10.6. The summed E-state index contributed by atoms with van der Waals surface area (Å²) in [7, 11) is 2.70. The fraction of sp³-hybridized carbons (Fsp3) is 0.600. The molecule has 1 aliphatic carbocycles. The molecule has 0 fully saturated rings. The summed E-state index contributed by atoms with van der Waals surface area (Å²) in [4.78, 5) is 22.4. The smallest absolute Gasteiger partial charge is 0.333 e. The third-order valence-corrected chi connectivity index (χ3v) is 2.35. The lowest BCUT2D eigenvalue weighted by atomic mass is 9.89. The van der Waals surface area contributed by atoms with E-state index in [4.69, 9.17) is 0 Å². The number of carbonyl (C=O) groups is 2. The first-order chi connectivity index (χ1) is 6.69. The number of methoxy groups -OCH3 is 2. The molecule has 0 N–H and O–H groups in total. The van der Waals surface area contributed by atoms with Crippen molar-refractivity contribution >= 4 is 11.9 Å². The van der Waals surface area contributed by atoms with Gasteiger partial charge in [-0.3, -0.25) is 4.79 Å². The van der Waals surface area contributed by atoms with E-state index < -0.39 is 0 Å². The molecule has 4 heteroatoms. The van der Waals surface area contributed by atoms with Gasteiger partial charge in [0.1, 0.15) is 0 Å². The SMILES string of the molecule is COC(=O)C1=CCCC(C(=O)OC)C1. The highest BCUT2D eigenvalue weighted by Crippen LogP contribution is 2.25. The van der Waals surface area contributed by atoms with Crippen molar-refractivity contribution in [1.29, 1.82) is 0 Å². The van der Waals surface area contributed by atoms with E-state index in [2.05, 4.69) is 9.47 Å². The van der Waals surface area contributed by atoms with Crippen molar-refractivity contribution in [3.8, 4) is 0 Å². The molecule has 1 atom stereocenters. The van der Waals surface area contributed by atoms with E-state index in [9.17, 15) is 9.59 Å². The van der Waals surface area contributed by atoms with E-state index in [-0.39, 0.29) is 17.9 Å². The van der Waals surface area contributed by atoms with Crippen LogP contribution < -0.4 is 0 Å². The molecule has 0 aromatic carbocycles. The molecule has 0 radical (unpaired) electrons. The number of hydrogen-bond donors (Lipinski definition) is 0. The molecule has 4 nitrogen and oxygen atoms in total. The summed E-state index contributed by atoms with van der Waals surface area (Å²) < 4.78 is 9.23. The largest absolute Gasteiger partial charge is 0.469 e. The molecule has 14 heavy (non-hydrogen) atoms. The minimum atomic E-state index is -0.349. The van der Waals surface area contributed by atoms with Crippen LogP contribution in [-0.2, 0) is 19.1 Å². The van der Waals surface area contributed by atoms with E-state index in [0.29, 0.717) is 12.0 Å². The Morgan fingerprint density at radius 2 is 2.07 bits per heavy atom. The molecular formula is C10H14O4. The third-order valence-electron chi connectivity index (χ3n) is 2.35. The Bertz CT molecular complexity index is 267. The van der Waals surface area contributed by atoms with Crippen LogP contribution in [0.3, 0.4) is 0 Å². The molecule has 0 spiro atoms. The van der Waals surface area contributed by atoms with Crippen molar-refractivity contribution in [3.63, 3.8) is 0 Å². The van der Waals surface area contributed by atoms with Gasteiger partial charge in [0.2, 0.25) is 0 Å². The van der Waals surface area contributed by atoms with E-state index in [1.54, 1.807) is 0 Å². The van der Waals surface area contributed by atoms with Crippen molar-refractivity contribution in [2.75, 3.05) is 14.2 Å². The van der Waals surface area contributed by atoms with Crippen LogP contribution >= 0.6 is 0 Å². The molecule has 78 valence electrons. The summed E-state index contributed by atoms with van der Waals surface area (Å²) in [6.45, 7) is 0. The zero-order valence-electron chi connectivity index (χ0n) is 8.41. The van der Waals surface area contributed by atoms with Crippen molar-refractivity contribution in [2.24, 2.45) is 5.92 Å². The van der Waals surface area contributed by atoms with Crippen LogP contribution in [0.5, 0.6) is 0 Å². The van der Waals surface area contributed by atoms with Crippen molar-refractivity contribution in [1.82, 2.24) is 0 Å². The van der Waals surface area contributed by atoms with Crippen molar-refractivity contribution in [2.45, 2.75) is 19.3 Å². The van der Waals surface area contributed by atoms with E-state index in [1.165, 1.54) is 14.2 Å². The highest BCUT2D eigenvalue weighted by atomic mass is 16.5. The molecule has 0 heterocycles. The Kier molecular flexibility index (Phi) is 3.68. The minimum absolute atomic E-state index is 0.195. The molecule has 1 unspecified atom stereocenters. The maximum Gasteiger partial charge on any atom is 0.333 e. The summed E-state index contributed by atoms with van der Waals surface area (Å²) >= 11 is 0. The van der Waals surface area contributed by atoms with E-state index in [0.717, 1.165) is 12.8 Å². The predicted molar refractivity (Wildman–Crippen MR) is 49.5 cm³/mol. The van der Waals surface area contributed by atoms with E-state index >= 15 is 0 Å². The number of carbonyl (C=O) groups excluding carboxylic acids is 2. The lowest BCUT2D eigenvalue weighted by Gasteiger charge is -2.18. The monoisotopic (exact) mass is 198 g/mol. The van der Waals surface area contributed by atoms with Crippen LogP contribution in [-0.4, -0.2) is 26.2 Å². The first-order valence-electron chi connectivity index (χ1n) is 4.54. The van der Waals surface area contributed by atoms with E-state index in [1.807, 2.05) is 6.08 Å². The minimum Gasteiger partial charge on any atom is -0.469 e.